The van der Waals surface area contributed by atoms with Crippen LogP contribution in [0.4, 0.5) is 0 Å². The van der Waals surface area contributed by atoms with E-state index in [-0.39, 0.29) is 17.6 Å². The van der Waals surface area contributed by atoms with Crippen LogP contribution >= 0.6 is 0 Å². The van der Waals surface area contributed by atoms with Gasteiger partial charge in [0.2, 0.25) is 0 Å². The minimum Gasteiger partial charge on any atom is -0.393 e. The zero-order chi connectivity index (χ0) is 15.6. The zero-order valence-corrected chi connectivity index (χ0v) is 14.5. The second kappa shape index (κ2) is 6.97. The summed E-state index contributed by atoms with van der Waals surface area (Å²) in [6.45, 7) is 10.9. The smallest absolute Gasteiger partial charge is 0.0591 e. The number of nitrogens with zero attached hydrogens (tertiary/aromatic N) is 1. The van der Waals surface area contributed by atoms with E-state index in [0.29, 0.717) is 5.92 Å². The Bertz CT molecular complexity index is 322. The van der Waals surface area contributed by atoms with Crippen molar-refractivity contribution in [2.75, 3.05) is 13.1 Å². The fourth-order valence-electron chi connectivity index (χ4n) is 4.11. The molecule has 2 aliphatic rings. The summed E-state index contributed by atoms with van der Waals surface area (Å²) in [5.74, 6) is 1.45. The Labute approximate surface area is 131 Å². The van der Waals surface area contributed by atoms with Gasteiger partial charge in [-0.2, -0.15) is 0 Å². The highest BCUT2D eigenvalue weighted by Crippen LogP contribution is 2.36. The Kier molecular flexibility index (Phi) is 5.72. The van der Waals surface area contributed by atoms with Crippen molar-refractivity contribution in [1.29, 1.82) is 0 Å². The summed E-state index contributed by atoms with van der Waals surface area (Å²) in [7, 11) is 0. The van der Waals surface area contributed by atoms with Crippen molar-refractivity contribution in [2.24, 2.45) is 23.0 Å². The Morgan fingerprint density at radius 1 is 1.24 bits per heavy atom. The van der Waals surface area contributed by atoms with Crippen LogP contribution in [0.2, 0.25) is 0 Å². The molecule has 1 aliphatic carbocycles. The van der Waals surface area contributed by atoms with Gasteiger partial charge in [-0.15, -0.1) is 0 Å². The lowest BCUT2D eigenvalue weighted by Gasteiger charge is -2.46. The van der Waals surface area contributed by atoms with E-state index in [0.717, 1.165) is 37.9 Å². The molecule has 2 fully saturated rings. The van der Waals surface area contributed by atoms with Gasteiger partial charge in [-0.1, -0.05) is 34.1 Å². The molecule has 0 radical (unpaired) electrons. The van der Waals surface area contributed by atoms with Gasteiger partial charge >= 0.3 is 0 Å². The van der Waals surface area contributed by atoms with E-state index in [1.165, 1.54) is 25.7 Å². The zero-order valence-electron chi connectivity index (χ0n) is 14.5. The third-order valence-corrected chi connectivity index (χ3v) is 5.74. The first-order chi connectivity index (χ1) is 9.81. The summed E-state index contributed by atoms with van der Waals surface area (Å²) in [5.41, 5.74) is 6.31. The molecule has 1 saturated heterocycles. The minimum atomic E-state index is -0.224. The van der Waals surface area contributed by atoms with Crippen molar-refractivity contribution in [3.05, 3.63) is 0 Å². The van der Waals surface area contributed by atoms with Gasteiger partial charge in [0.05, 0.1) is 6.10 Å². The van der Waals surface area contributed by atoms with Crippen LogP contribution in [0.3, 0.4) is 0 Å². The predicted molar refractivity (Wildman–Crippen MR) is 89.2 cm³/mol. The van der Waals surface area contributed by atoms with Gasteiger partial charge in [0, 0.05) is 25.2 Å². The number of aliphatic hydroxyl groups excluding tert-OH is 1. The van der Waals surface area contributed by atoms with Crippen LogP contribution in [0.1, 0.15) is 66.2 Å². The third-order valence-electron chi connectivity index (χ3n) is 5.74. The third kappa shape index (κ3) is 4.43. The molecular formula is C18H36N2O. The maximum absolute atomic E-state index is 10.4. The molecule has 3 N–H and O–H groups in total. The number of hydrogen-bond acceptors (Lipinski definition) is 3. The average molecular weight is 296 g/mol. The molecule has 0 aromatic carbocycles. The second-order valence-corrected chi connectivity index (χ2v) is 8.60. The SMILES string of the molecule is CCC(C1CCC1)N1CC(N)CC(CC(O)C(C)(C)C)C1. The van der Waals surface area contributed by atoms with Gasteiger partial charge in [-0.05, 0) is 49.4 Å². The number of rotatable bonds is 5. The van der Waals surface area contributed by atoms with Crippen molar-refractivity contribution in [1.82, 2.24) is 4.90 Å². The lowest BCUT2D eigenvalue weighted by atomic mass is 9.76. The summed E-state index contributed by atoms with van der Waals surface area (Å²) in [6.07, 6.45) is 7.20. The number of piperidine rings is 1. The van der Waals surface area contributed by atoms with Crippen LogP contribution in [0.5, 0.6) is 0 Å². The van der Waals surface area contributed by atoms with Crippen molar-refractivity contribution in [3.8, 4) is 0 Å². The van der Waals surface area contributed by atoms with E-state index in [2.05, 4.69) is 32.6 Å². The fourth-order valence-corrected chi connectivity index (χ4v) is 4.11. The number of likely N-dealkylation sites (tertiary alicyclic amines) is 1. The number of aliphatic hydroxyl groups is 1. The van der Waals surface area contributed by atoms with E-state index < -0.39 is 0 Å². The molecule has 0 aromatic rings. The monoisotopic (exact) mass is 296 g/mol. The second-order valence-electron chi connectivity index (χ2n) is 8.60. The molecule has 1 aliphatic heterocycles. The quantitative estimate of drug-likeness (QED) is 0.820. The Balaban J connectivity index is 1.94. The molecule has 124 valence electrons. The van der Waals surface area contributed by atoms with Crippen molar-refractivity contribution in [2.45, 2.75) is 84.4 Å². The van der Waals surface area contributed by atoms with Gasteiger partial charge < -0.3 is 10.8 Å². The van der Waals surface area contributed by atoms with E-state index >= 15 is 0 Å². The maximum Gasteiger partial charge on any atom is 0.0591 e. The molecular weight excluding hydrogens is 260 g/mol. The lowest BCUT2D eigenvalue weighted by molar-refractivity contribution is 0.00357. The molecule has 1 heterocycles. The van der Waals surface area contributed by atoms with Crippen LogP contribution in [0.25, 0.3) is 0 Å². The molecule has 0 amide bonds. The van der Waals surface area contributed by atoms with Gasteiger partial charge in [0.1, 0.15) is 0 Å². The molecule has 3 nitrogen and oxygen atoms in total. The molecule has 2 rings (SSSR count). The van der Waals surface area contributed by atoms with E-state index in [1.807, 2.05) is 0 Å². The molecule has 3 heteroatoms. The van der Waals surface area contributed by atoms with Crippen LogP contribution in [0, 0.1) is 17.3 Å². The first-order valence-electron chi connectivity index (χ1n) is 8.99. The minimum absolute atomic E-state index is 0.0233. The van der Waals surface area contributed by atoms with E-state index in [1.54, 1.807) is 0 Å². The van der Waals surface area contributed by atoms with Gasteiger partial charge in [0.25, 0.3) is 0 Å². The molecule has 0 bridgehead atoms. The number of hydrogen-bond donors (Lipinski definition) is 2. The largest absolute Gasteiger partial charge is 0.393 e. The van der Waals surface area contributed by atoms with Crippen molar-refractivity contribution >= 4 is 0 Å². The van der Waals surface area contributed by atoms with Gasteiger partial charge in [0.15, 0.2) is 0 Å². The van der Waals surface area contributed by atoms with Gasteiger partial charge in [-0.25, -0.2) is 0 Å². The normalized spacial score (nSPS) is 31.7. The highest BCUT2D eigenvalue weighted by molar-refractivity contribution is 4.91. The summed E-state index contributed by atoms with van der Waals surface area (Å²) >= 11 is 0. The van der Waals surface area contributed by atoms with Crippen molar-refractivity contribution in [3.63, 3.8) is 0 Å². The van der Waals surface area contributed by atoms with Crippen LogP contribution in [-0.4, -0.2) is 41.3 Å². The topological polar surface area (TPSA) is 49.5 Å². The van der Waals surface area contributed by atoms with Crippen molar-refractivity contribution < 1.29 is 5.11 Å². The molecule has 0 spiro atoms. The lowest BCUT2D eigenvalue weighted by Crippen LogP contribution is -2.54. The summed E-state index contributed by atoms with van der Waals surface area (Å²) < 4.78 is 0. The Morgan fingerprint density at radius 3 is 2.38 bits per heavy atom. The Morgan fingerprint density at radius 2 is 1.90 bits per heavy atom. The summed E-state index contributed by atoms with van der Waals surface area (Å²) in [6, 6.07) is 1.00. The maximum atomic E-state index is 10.4. The molecule has 4 unspecified atom stereocenters. The highest BCUT2D eigenvalue weighted by atomic mass is 16.3. The molecule has 0 aromatic heterocycles. The predicted octanol–water partition coefficient (Wildman–Crippen LogP) is 3.01. The first-order valence-corrected chi connectivity index (χ1v) is 8.99. The molecule has 4 atom stereocenters. The van der Waals surface area contributed by atoms with Crippen LogP contribution in [-0.2, 0) is 0 Å². The first kappa shape index (κ1) is 17.2. The summed E-state index contributed by atoms with van der Waals surface area (Å²) in [4.78, 5) is 2.65. The average Bonchev–Trinajstić information content (AvgIpc) is 2.31. The molecule has 1 saturated carbocycles. The standard InChI is InChI=1S/C18H36N2O/c1-5-16(14-7-6-8-14)20-11-13(9-15(19)12-20)10-17(21)18(2,3)4/h13-17,21H,5-12,19H2,1-4H3. The molecule has 21 heavy (non-hydrogen) atoms. The number of nitrogens with two attached hydrogens (primary N) is 1. The fraction of sp³-hybridized carbons (Fsp3) is 1.00. The Hall–Kier alpha value is -0.120. The van der Waals surface area contributed by atoms with E-state index in [4.69, 9.17) is 5.73 Å². The highest BCUT2D eigenvalue weighted by Gasteiger charge is 2.36. The van der Waals surface area contributed by atoms with Crippen LogP contribution in [0.15, 0.2) is 0 Å². The summed E-state index contributed by atoms with van der Waals surface area (Å²) in [5, 5.41) is 10.4. The van der Waals surface area contributed by atoms with Gasteiger partial charge in [-0.3, -0.25) is 4.90 Å². The van der Waals surface area contributed by atoms with Crippen LogP contribution < -0.4 is 5.73 Å². The van der Waals surface area contributed by atoms with E-state index in [9.17, 15) is 5.11 Å².